The van der Waals surface area contributed by atoms with E-state index in [0.29, 0.717) is 23.3 Å². The first-order chi connectivity index (χ1) is 9.86. The molecule has 0 unspecified atom stereocenters. The van der Waals surface area contributed by atoms with Crippen LogP contribution in [0.1, 0.15) is 37.5 Å². The molecular formula is C17H20O4. The predicted molar refractivity (Wildman–Crippen MR) is 82.1 cm³/mol. The molecule has 0 aliphatic carbocycles. The Hall–Kier alpha value is -2.10. The summed E-state index contributed by atoms with van der Waals surface area (Å²) in [6.07, 6.45) is 0.117. The molecule has 2 rings (SSSR count). The van der Waals surface area contributed by atoms with Crippen molar-refractivity contribution in [2.75, 3.05) is 0 Å². The molecular weight excluding hydrogens is 268 g/mol. The Balaban J connectivity index is 2.63. The minimum Gasteiger partial charge on any atom is -0.483 e. The highest BCUT2D eigenvalue weighted by atomic mass is 16.5. The molecule has 0 bridgehead atoms. The first kappa shape index (κ1) is 15.3. The molecule has 4 nitrogen and oxygen atoms in total. The van der Waals surface area contributed by atoms with E-state index in [1.165, 1.54) is 6.92 Å². The highest BCUT2D eigenvalue weighted by molar-refractivity contribution is 5.86. The summed E-state index contributed by atoms with van der Waals surface area (Å²) in [5.74, 6) is 0.519. The van der Waals surface area contributed by atoms with Crippen LogP contribution in [0.4, 0.5) is 0 Å². The molecule has 2 aromatic rings. The molecule has 21 heavy (non-hydrogen) atoms. The molecule has 0 radical (unpaired) electrons. The standard InChI is InChI=1S/C17H20O4/c1-6-13-9(2)14-7-8-15(20-12(5)11(4)18)10(3)16(14)21-17(13)19/h7-8,12H,6H2,1-5H3/t12-/m0/s1. The lowest BCUT2D eigenvalue weighted by Gasteiger charge is -2.15. The Labute approximate surface area is 123 Å². The molecule has 0 aliphatic heterocycles. The van der Waals surface area contributed by atoms with Crippen molar-refractivity contribution < 1.29 is 13.9 Å². The SMILES string of the molecule is CCc1c(C)c2ccc(O[C@@H](C)C(C)=O)c(C)c2oc1=O. The van der Waals surface area contributed by atoms with Crippen LogP contribution in [0.3, 0.4) is 0 Å². The zero-order chi connectivity index (χ0) is 15.7. The van der Waals surface area contributed by atoms with E-state index in [1.54, 1.807) is 6.92 Å². The van der Waals surface area contributed by atoms with E-state index in [4.69, 9.17) is 9.15 Å². The van der Waals surface area contributed by atoms with Gasteiger partial charge in [-0.3, -0.25) is 4.79 Å². The topological polar surface area (TPSA) is 56.5 Å². The summed E-state index contributed by atoms with van der Waals surface area (Å²) in [6.45, 7) is 8.88. The molecule has 1 aromatic heterocycles. The third-order valence-corrected chi connectivity index (χ3v) is 3.88. The molecule has 1 heterocycles. The summed E-state index contributed by atoms with van der Waals surface area (Å²) in [5, 5.41) is 0.909. The Kier molecular flexibility index (Phi) is 4.16. The van der Waals surface area contributed by atoms with E-state index in [2.05, 4.69) is 0 Å². The lowest BCUT2D eigenvalue weighted by molar-refractivity contribution is -0.122. The van der Waals surface area contributed by atoms with Crippen molar-refractivity contribution in [3.63, 3.8) is 0 Å². The molecule has 1 aromatic carbocycles. The van der Waals surface area contributed by atoms with Gasteiger partial charge in [0.25, 0.3) is 0 Å². The monoisotopic (exact) mass is 288 g/mol. The first-order valence-electron chi connectivity index (χ1n) is 7.09. The number of fused-ring (bicyclic) bond motifs is 1. The highest BCUT2D eigenvalue weighted by Crippen LogP contribution is 2.30. The number of ketones is 1. The number of hydrogen-bond acceptors (Lipinski definition) is 4. The largest absolute Gasteiger partial charge is 0.483 e. The number of Topliss-reactive ketones (excluding diaryl/α,β-unsaturated/α-hetero) is 1. The Bertz CT molecular complexity index is 755. The summed E-state index contributed by atoms with van der Waals surface area (Å²) in [7, 11) is 0. The fraction of sp³-hybridized carbons (Fsp3) is 0.412. The number of hydrogen-bond donors (Lipinski definition) is 0. The number of carbonyl (C=O) groups is 1. The maximum Gasteiger partial charge on any atom is 0.339 e. The average Bonchev–Trinajstić information content (AvgIpc) is 2.42. The van der Waals surface area contributed by atoms with Crippen molar-refractivity contribution in [3.8, 4) is 5.75 Å². The van der Waals surface area contributed by atoms with Crippen LogP contribution in [0.5, 0.6) is 5.75 Å². The molecule has 0 fully saturated rings. The van der Waals surface area contributed by atoms with Gasteiger partial charge in [0.2, 0.25) is 0 Å². The van der Waals surface area contributed by atoms with E-state index < -0.39 is 6.10 Å². The van der Waals surface area contributed by atoms with Crippen LogP contribution in [-0.4, -0.2) is 11.9 Å². The minimum atomic E-state index is -0.524. The Morgan fingerprint density at radius 2 is 1.95 bits per heavy atom. The highest BCUT2D eigenvalue weighted by Gasteiger charge is 2.16. The van der Waals surface area contributed by atoms with E-state index in [1.807, 2.05) is 32.9 Å². The smallest absolute Gasteiger partial charge is 0.339 e. The van der Waals surface area contributed by atoms with Crippen molar-refractivity contribution >= 4 is 16.8 Å². The van der Waals surface area contributed by atoms with Crippen LogP contribution in [-0.2, 0) is 11.2 Å². The van der Waals surface area contributed by atoms with Crippen molar-refractivity contribution in [1.29, 1.82) is 0 Å². The van der Waals surface area contributed by atoms with Gasteiger partial charge in [-0.1, -0.05) is 6.92 Å². The van der Waals surface area contributed by atoms with E-state index in [9.17, 15) is 9.59 Å². The minimum absolute atomic E-state index is 0.0477. The maximum atomic E-state index is 12.0. The normalized spacial score (nSPS) is 12.4. The third kappa shape index (κ3) is 2.71. The lowest BCUT2D eigenvalue weighted by Crippen LogP contribution is -2.21. The number of aryl methyl sites for hydroxylation is 2. The van der Waals surface area contributed by atoms with E-state index in [0.717, 1.165) is 16.5 Å². The fourth-order valence-corrected chi connectivity index (χ4v) is 2.38. The quantitative estimate of drug-likeness (QED) is 0.810. The molecule has 0 saturated carbocycles. The number of carbonyl (C=O) groups excluding carboxylic acids is 1. The van der Waals surface area contributed by atoms with E-state index >= 15 is 0 Å². The second kappa shape index (κ2) is 5.72. The van der Waals surface area contributed by atoms with E-state index in [-0.39, 0.29) is 11.4 Å². The van der Waals surface area contributed by atoms with Crippen molar-refractivity contribution in [1.82, 2.24) is 0 Å². The van der Waals surface area contributed by atoms with Crippen LogP contribution in [0.2, 0.25) is 0 Å². The molecule has 0 saturated heterocycles. The van der Waals surface area contributed by atoms with Gasteiger partial charge < -0.3 is 9.15 Å². The average molecular weight is 288 g/mol. The van der Waals surface area contributed by atoms with Crippen LogP contribution >= 0.6 is 0 Å². The number of benzene rings is 1. The summed E-state index contributed by atoms with van der Waals surface area (Å²) < 4.78 is 11.1. The van der Waals surface area contributed by atoms with Crippen LogP contribution in [0.25, 0.3) is 11.0 Å². The molecule has 1 atom stereocenters. The lowest BCUT2D eigenvalue weighted by atomic mass is 10.0. The molecule has 0 amide bonds. The zero-order valence-electron chi connectivity index (χ0n) is 13.1. The fourth-order valence-electron chi connectivity index (χ4n) is 2.38. The van der Waals surface area contributed by atoms with Gasteiger partial charge in [0.05, 0.1) is 0 Å². The number of rotatable bonds is 4. The van der Waals surface area contributed by atoms with Gasteiger partial charge in [-0.2, -0.15) is 0 Å². The summed E-state index contributed by atoms with van der Waals surface area (Å²) >= 11 is 0. The number of ether oxygens (including phenoxy) is 1. The Morgan fingerprint density at radius 3 is 2.52 bits per heavy atom. The van der Waals surface area contributed by atoms with Crippen molar-refractivity contribution in [2.24, 2.45) is 0 Å². The Morgan fingerprint density at radius 1 is 1.29 bits per heavy atom. The van der Waals surface area contributed by atoms with Gasteiger partial charge >= 0.3 is 5.63 Å². The summed E-state index contributed by atoms with van der Waals surface area (Å²) in [5.41, 5.74) is 2.61. The summed E-state index contributed by atoms with van der Waals surface area (Å²) in [4.78, 5) is 23.3. The third-order valence-electron chi connectivity index (χ3n) is 3.88. The zero-order valence-corrected chi connectivity index (χ0v) is 13.1. The molecule has 0 aliphatic rings. The second-order valence-corrected chi connectivity index (χ2v) is 5.28. The van der Waals surface area contributed by atoms with Gasteiger partial charge in [-0.05, 0) is 51.8 Å². The van der Waals surface area contributed by atoms with Crippen LogP contribution < -0.4 is 10.4 Å². The summed E-state index contributed by atoms with van der Waals surface area (Å²) in [6, 6.07) is 3.70. The molecule has 0 spiro atoms. The predicted octanol–water partition coefficient (Wildman–Crippen LogP) is 3.33. The van der Waals surface area contributed by atoms with Crippen LogP contribution in [0, 0.1) is 13.8 Å². The first-order valence-corrected chi connectivity index (χ1v) is 7.09. The van der Waals surface area contributed by atoms with Gasteiger partial charge in [-0.15, -0.1) is 0 Å². The molecule has 112 valence electrons. The van der Waals surface area contributed by atoms with Crippen LogP contribution in [0.15, 0.2) is 21.3 Å². The molecule has 4 heteroatoms. The molecule has 0 N–H and O–H groups in total. The van der Waals surface area contributed by atoms with Crippen molar-refractivity contribution in [2.45, 2.75) is 47.1 Å². The van der Waals surface area contributed by atoms with Gasteiger partial charge in [0, 0.05) is 16.5 Å². The second-order valence-electron chi connectivity index (χ2n) is 5.28. The van der Waals surface area contributed by atoms with Crippen molar-refractivity contribution in [3.05, 3.63) is 39.2 Å². The van der Waals surface area contributed by atoms with Gasteiger partial charge in [-0.25, -0.2) is 4.79 Å². The maximum absolute atomic E-state index is 12.0. The van der Waals surface area contributed by atoms with Gasteiger partial charge in [0.15, 0.2) is 11.9 Å². The van der Waals surface area contributed by atoms with Gasteiger partial charge in [0.1, 0.15) is 11.3 Å².